The lowest BCUT2D eigenvalue weighted by Crippen LogP contribution is -2.44. The zero-order valence-electron chi connectivity index (χ0n) is 6.64. The van der Waals surface area contributed by atoms with E-state index in [2.05, 4.69) is 0 Å². The Bertz CT molecular complexity index is 234. The zero-order valence-corrected chi connectivity index (χ0v) is 6.64. The van der Waals surface area contributed by atoms with Crippen LogP contribution >= 0.6 is 0 Å². The maximum Gasteiger partial charge on any atom is 0.417 e. The van der Waals surface area contributed by atoms with Gasteiger partial charge in [-0.25, -0.2) is 4.79 Å². The van der Waals surface area contributed by atoms with Crippen molar-refractivity contribution in [3.05, 3.63) is 0 Å². The summed E-state index contributed by atoms with van der Waals surface area (Å²) >= 11 is 0. The molecule has 0 aliphatic carbocycles. The number of hydrogen-bond acceptors (Lipinski definition) is 3. The minimum absolute atomic E-state index is 0.421. The number of carboxylic acids is 1. The van der Waals surface area contributed by atoms with E-state index >= 15 is 0 Å². The molecule has 4 nitrogen and oxygen atoms in total. The smallest absolute Gasteiger partial charge is 0.417 e. The molecular formula is C6H8F3NO3. The molecule has 0 saturated heterocycles. The molecule has 0 spiro atoms. The minimum Gasteiger partial charge on any atom is -0.477 e. The van der Waals surface area contributed by atoms with E-state index in [0.29, 0.717) is 6.92 Å². The Morgan fingerprint density at radius 3 is 2.08 bits per heavy atom. The second-order valence-electron chi connectivity index (χ2n) is 2.73. The molecule has 76 valence electrons. The third kappa shape index (κ3) is 3.02. The molecule has 0 aromatic heterocycles. The van der Waals surface area contributed by atoms with Crippen LogP contribution in [-0.4, -0.2) is 33.7 Å². The fraction of sp³-hybridized carbons (Fsp3) is 0.667. The van der Waals surface area contributed by atoms with Gasteiger partial charge < -0.3 is 10.2 Å². The molecular weight excluding hydrogens is 191 g/mol. The summed E-state index contributed by atoms with van der Waals surface area (Å²) in [5.41, 5.74) is -4.34. The van der Waals surface area contributed by atoms with Gasteiger partial charge in [-0.05, 0) is 6.92 Å². The van der Waals surface area contributed by atoms with Crippen LogP contribution in [0.3, 0.4) is 0 Å². The molecule has 1 unspecified atom stereocenters. The molecule has 7 heteroatoms. The monoisotopic (exact) mass is 199 g/mol. The lowest BCUT2D eigenvalue weighted by molar-refractivity contribution is -0.249. The van der Waals surface area contributed by atoms with E-state index in [1.165, 1.54) is 0 Å². The van der Waals surface area contributed by atoms with Crippen molar-refractivity contribution in [3.63, 3.8) is 0 Å². The molecule has 0 saturated carbocycles. The van der Waals surface area contributed by atoms with E-state index in [1.54, 1.807) is 0 Å². The number of rotatable bonds is 3. The van der Waals surface area contributed by atoms with Crippen molar-refractivity contribution in [2.24, 2.45) is 0 Å². The number of halogens is 3. The Balaban J connectivity index is 4.53. The van der Waals surface area contributed by atoms with Crippen molar-refractivity contribution < 1.29 is 28.2 Å². The highest BCUT2D eigenvalue weighted by Gasteiger charge is 2.50. The van der Waals surface area contributed by atoms with Crippen molar-refractivity contribution in [3.8, 4) is 0 Å². The van der Waals surface area contributed by atoms with E-state index < -0.39 is 29.9 Å². The summed E-state index contributed by atoms with van der Waals surface area (Å²) < 4.78 is 35.8. The Labute approximate surface area is 71.5 Å². The summed E-state index contributed by atoms with van der Waals surface area (Å²) in [6, 6.07) is 0. The molecule has 0 aromatic carbocycles. The van der Waals surface area contributed by atoms with Crippen LogP contribution in [0, 0.1) is 5.41 Å². The minimum atomic E-state index is -4.94. The molecule has 0 aliphatic rings. The van der Waals surface area contributed by atoms with E-state index in [9.17, 15) is 18.0 Å². The molecule has 0 heterocycles. The molecule has 0 bridgehead atoms. The average Bonchev–Trinajstić information content (AvgIpc) is 1.83. The largest absolute Gasteiger partial charge is 0.477 e. The number of hydrogen-bond donors (Lipinski definition) is 3. The second-order valence-corrected chi connectivity index (χ2v) is 2.73. The predicted octanol–water partition coefficient (Wildman–Crippen LogP) is 0.794. The van der Waals surface area contributed by atoms with Crippen molar-refractivity contribution in [2.75, 3.05) is 0 Å². The number of aliphatic carboxylic acids is 1. The van der Waals surface area contributed by atoms with Crippen molar-refractivity contribution in [2.45, 2.75) is 25.1 Å². The van der Waals surface area contributed by atoms with Crippen LogP contribution in [0.1, 0.15) is 13.3 Å². The van der Waals surface area contributed by atoms with Crippen LogP contribution in [0.5, 0.6) is 0 Å². The van der Waals surface area contributed by atoms with Crippen molar-refractivity contribution >= 4 is 11.7 Å². The van der Waals surface area contributed by atoms with Crippen molar-refractivity contribution in [1.29, 1.82) is 5.41 Å². The molecule has 0 aliphatic heterocycles. The third-order valence-corrected chi connectivity index (χ3v) is 1.39. The summed E-state index contributed by atoms with van der Waals surface area (Å²) in [5.74, 6) is -1.77. The SMILES string of the molecule is CC(O)(CC(=N)C(=O)O)C(F)(F)F. The highest BCUT2D eigenvalue weighted by molar-refractivity contribution is 6.34. The summed E-state index contributed by atoms with van der Waals surface area (Å²) in [6.07, 6.45) is -6.19. The van der Waals surface area contributed by atoms with Gasteiger partial charge in [0.25, 0.3) is 0 Å². The normalized spacial score (nSPS) is 16.4. The molecule has 0 fully saturated rings. The third-order valence-electron chi connectivity index (χ3n) is 1.39. The molecule has 0 aromatic rings. The number of alkyl halides is 3. The van der Waals surface area contributed by atoms with Gasteiger partial charge in [-0.15, -0.1) is 0 Å². The van der Waals surface area contributed by atoms with Gasteiger partial charge in [-0.2, -0.15) is 13.2 Å². The number of carboxylic acid groups (broad SMARTS) is 1. The molecule has 13 heavy (non-hydrogen) atoms. The van der Waals surface area contributed by atoms with Crippen LogP contribution < -0.4 is 0 Å². The van der Waals surface area contributed by atoms with Crippen LogP contribution in [0.4, 0.5) is 13.2 Å². The number of carbonyl (C=O) groups is 1. The Morgan fingerprint density at radius 2 is 1.85 bits per heavy atom. The molecule has 3 N–H and O–H groups in total. The fourth-order valence-corrected chi connectivity index (χ4v) is 0.520. The molecule has 0 rings (SSSR count). The van der Waals surface area contributed by atoms with E-state index in [-0.39, 0.29) is 0 Å². The molecule has 0 amide bonds. The Kier molecular flexibility index (Phi) is 3.04. The van der Waals surface area contributed by atoms with Gasteiger partial charge >= 0.3 is 12.1 Å². The summed E-state index contributed by atoms with van der Waals surface area (Å²) in [5, 5.41) is 23.5. The van der Waals surface area contributed by atoms with Crippen LogP contribution in [0.15, 0.2) is 0 Å². The Morgan fingerprint density at radius 1 is 1.46 bits per heavy atom. The Hall–Kier alpha value is -1.11. The first-order valence-corrected chi connectivity index (χ1v) is 3.18. The summed E-state index contributed by atoms with van der Waals surface area (Å²) in [4.78, 5) is 10.0. The lowest BCUT2D eigenvalue weighted by Gasteiger charge is -2.25. The molecule has 0 radical (unpaired) electrons. The van der Waals surface area contributed by atoms with Gasteiger partial charge in [0, 0.05) is 6.42 Å². The average molecular weight is 199 g/mol. The second kappa shape index (κ2) is 3.33. The van der Waals surface area contributed by atoms with Gasteiger partial charge in [-0.3, -0.25) is 5.41 Å². The van der Waals surface area contributed by atoms with E-state index in [1.807, 2.05) is 0 Å². The summed E-state index contributed by atoms with van der Waals surface area (Å²) in [6.45, 7) is 0.421. The highest BCUT2D eigenvalue weighted by Crippen LogP contribution is 2.32. The maximum absolute atomic E-state index is 11.9. The topological polar surface area (TPSA) is 81.4 Å². The number of nitrogens with one attached hydrogen (secondary N) is 1. The van der Waals surface area contributed by atoms with Gasteiger partial charge in [0.2, 0.25) is 0 Å². The first-order valence-electron chi connectivity index (χ1n) is 3.18. The van der Waals surface area contributed by atoms with Crippen LogP contribution in [0.2, 0.25) is 0 Å². The fourth-order valence-electron chi connectivity index (χ4n) is 0.520. The lowest BCUT2D eigenvalue weighted by atomic mass is 9.98. The van der Waals surface area contributed by atoms with Gasteiger partial charge in [-0.1, -0.05) is 0 Å². The predicted molar refractivity (Wildman–Crippen MR) is 36.7 cm³/mol. The first kappa shape index (κ1) is 11.9. The van der Waals surface area contributed by atoms with Crippen LogP contribution in [0.25, 0.3) is 0 Å². The first-order chi connectivity index (χ1) is 5.58. The number of aliphatic hydroxyl groups is 1. The van der Waals surface area contributed by atoms with Gasteiger partial charge in [0.1, 0.15) is 5.71 Å². The van der Waals surface area contributed by atoms with Crippen molar-refractivity contribution in [1.82, 2.24) is 0 Å². The van der Waals surface area contributed by atoms with Crippen LogP contribution in [-0.2, 0) is 4.79 Å². The quantitative estimate of drug-likeness (QED) is 0.588. The van der Waals surface area contributed by atoms with E-state index in [4.69, 9.17) is 15.6 Å². The maximum atomic E-state index is 11.9. The van der Waals surface area contributed by atoms with Gasteiger partial charge in [0.15, 0.2) is 5.60 Å². The summed E-state index contributed by atoms with van der Waals surface area (Å²) in [7, 11) is 0. The van der Waals surface area contributed by atoms with Gasteiger partial charge in [0.05, 0.1) is 0 Å². The standard InChI is InChI=1S/C6H8F3NO3/c1-5(13,6(7,8)9)2-3(10)4(11)12/h10,13H,2H2,1H3,(H,11,12). The molecule has 1 atom stereocenters. The van der Waals surface area contributed by atoms with E-state index in [0.717, 1.165) is 0 Å². The zero-order chi connectivity index (χ0) is 10.9. The highest BCUT2D eigenvalue weighted by atomic mass is 19.4.